The Hall–Kier alpha value is -2.33. The lowest BCUT2D eigenvalue weighted by atomic mass is 9.94. The van der Waals surface area contributed by atoms with Gasteiger partial charge in [-0.15, -0.1) is 0 Å². The van der Waals surface area contributed by atoms with Gasteiger partial charge in [-0.2, -0.15) is 0 Å². The van der Waals surface area contributed by atoms with Crippen LogP contribution in [-0.2, 0) is 0 Å². The van der Waals surface area contributed by atoms with E-state index in [9.17, 15) is 0 Å². The fraction of sp³-hybridized carbons (Fsp3) is 0.316. The zero-order valence-electron chi connectivity index (χ0n) is 13.3. The number of piperidine rings is 1. The molecule has 1 saturated heterocycles. The quantitative estimate of drug-likeness (QED) is 0.775. The molecule has 4 nitrogen and oxygen atoms in total. The average molecular weight is 307 g/mol. The lowest BCUT2D eigenvalue weighted by molar-refractivity contribution is 0.415. The zero-order valence-corrected chi connectivity index (χ0v) is 13.3. The Labute approximate surface area is 135 Å². The Balaban J connectivity index is 1.79. The Bertz CT molecular complexity index is 818. The van der Waals surface area contributed by atoms with Gasteiger partial charge in [0.05, 0.1) is 7.11 Å². The average Bonchev–Trinajstić information content (AvgIpc) is 3.07. The molecular formula is C19H21N3O. The summed E-state index contributed by atoms with van der Waals surface area (Å²) in [7, 11) is 1.70. The molecule has 1 aliphatic rings. The van der Waals surface area contributed by atoms with Gasteiger partial charge in [0.2, 0.25) is 0 Å². The molecule has 1 aliphatic heterocycles. The number of ether oxygens (including phenoxy) is 1. The highest BCUT2D eigenvalue weighted by atomic mass is 16.5. The number of methoxy groups -OCH3 is 1. The van der Waals surface area contributed by atoms with Crippen LogP contribution in [0.2, 0.25) is 0 Å². The molecule has 0 unspecified atom stereocenters. The minimum absolute atomic E-state index is 0.601. The first-order chi connectivity index (χ1) is 11.3. The molecule has 2 aromatic heterocycles. The Kier molecular flexibility index (Phi) is 3.75. The van der Waals surface area contributed by atoms with E-state index in [1.165, 1.54) is 29.5 Å². The third-order valence-electron chi connectivity index (χ3n) is 4.71. The van der Waals surface area contributed by atoms with Gasteiger partial charge in [-0.05, 0) is 61.3 Å². The van der Waals surface area contributed by atoms with E-state index in [1.807, 2.05) is 18.3 Å². The molecule has 0 atom stereocenters. The second-order valence-corrected chi connectivity index (χ2v) is 6.10. The van der Waals surface area contributed by atoms with Crippen molar-refractivity contribution in [1.29, 1.82) is 0 Å². The molecule has 0 spiro atoms. The number of hydrogen-bond acceptors (Lipinski definition) is 3. The highest BCUT2D eigenvalue weighted by molar-refractivity contribution is 5.93. The lowest BCUT2D eigenvalue weighted by Gasteiger charge is -2.21. The second-order valence-electron chi connectivity index (χ2n) is 6.10. The zero-order chi connectivity index (χ0) is 15.6. The fourth-order valence-corrected chi connectivity index (χ4v) is 3.44. The van der Waals surface area contributed by atoms with Gasteiger partial charge in [-0.1, -0.05) is 12.1 Å². The molecule has 4 rings (SSSR count). The highest BCUT2D eigenvalue weighted by Gasteiger charge is 2.18. The summed E-state index contributed by atoms with van der Waals surface area (Å²) in [5.41, 5.74) is 4.64. The van der Waals surface area contributed by atoms with Crippen molar-refractivity contribution in [2.75, 3.05) is 20.2 Å². The highest BCUT2D eigenvalue weighted by Crippen LogP contribution is 2.33. The van der Waals surface area contributed by atoms with E-state index >= 15 is 0 Å². The maximum atomic E-state index is 5.36. The van der Waals surface area contributed by atoms with Crippen LogP contribution in [0.15, 0.2) is 42.6 Å². The molecule has 0 saturated carbocycles. The van der Waals surface area contributed by atoms with Crippen molar-refractivity contribution >= 4 is 11.0 Å². The number of nitrogens with one attached hydrogen (secondary N) is 2. The van der Waals surface area contributed by atoms with Gasteiger partial charge >= 0.3 is 0 Å². The third-order valence-corrected chi connectivity index (χ3v) is 4.71. The summed E-state index contributed by atoms with van der Waals surface area (Å²) in [4.78, 5) is 8.06. The summed E-state index contributed by atoms with van der Waals surface area (Å²) in [5.74, 6) is 1.48. The molecule has 3 heterocycles. The van der Waals surface area contributed by atoms with Crippen molar-refractivity contribution in [3.05, 3.63) is 48.3 Å². The molecule has 1 fully saturated rings. The van der Waals surface area contributed by atoms with Crippen molar-refractivity contribution in [2.24, 2.45) is 0 Å². The van der Waals surface area contributed by atoms with E-state index in [0.717, 1.165) is 30.0 Å². The summed E-state index contributed by atoms with van der Waals surface area (Å²) in [5, 5.41) is 4.61. The molecule has 23 heavy (non-hydrogen) atoms. The van der Waals surface area contributed by atoms with E-state index in [2.05, 4.69) is 39.6 Å². The normalized spacial score (nSPS) is 15.9. The maximum absolute atomic E-state index is 5.36. The standard InChI is InChI=1S/C19H21N3O/c1-23-15-4-2-3-14(11-15)16-7-10-21-19-17(16)12-18(22-19)13-5-8-20-9-6-13/h2-4,7,10-13,20H,5-6,8-9H2,1H3,(H,21,22). The van der Waals surface area contributed by atoms with Gasteiger partial charge < -0.3 is 15.0 Å². The SMILES string of the molecule is COc1cccc(-c2ccnc3[nH]c(C4CCNCC4)cc23)c1. The van der Waals surface area contributed by atoms with Crippen LogP contribution < -0.4 is 10.1 Å². The van der Waals surface area contributed by atoms with Gasteiger partial charge in [-0.3, -0.25) is 0 Å². The summed E-state index contributed by atoms with van der Waals surface area (Å²) in [6, 6.07) is 12.6. The van der Waals surface area contributed by atoms with Crippen LogP contribution >= 0.6 is 0 Å². The van der Waals surface area contributed by atoms with Crippen molar-refractivity contribution in [3.63, 3.8) is 0 Å². The Morgan fingerprint density at radius 1 is 1.13 bits per heavy atom. The van der Waals surface area contributed by atoms with Crippen LogP contribution in [0.3, 0.4) is 0 Å². The number of rotatable bonds is 3. The van der Waals surface area contributed by atoms with Gasteiger partial charge in [0.15, 0.2) is 0 Å². The van der Waals surface area contributed by atoms with E-state index in [0.29, 0.717) is 5.92 Å². The maximum Gasteiger partial charge on any atom is 0.138 e. The number of pyridine rings is 1. The molecular weight excluding hydrogens is 286 g/mol. The molecule has 0 bridgehead atoms. The summed E-state index contributed by atoms with van der Waals surface area (Å²) in [6.07, 6.45) is 4.24. The van der Waals surface area contributed by atoms with Gasteiger partial charge in [-0.25, -0.2) is 4.98 Å². The predicted molar refractivity (Wildman–Crippen MR) is 92.9 cm³/mol. The van der Waals surface area contributed by atoms with Crippen molar-refractivity contribution in [3.8, 4) is 16.9 Å². The Morgan fingerprint density at radius 2 is 2.00 bits per heavy atom. The monoisotopic (exact) mass is 307 g/mol. The van der Waals surface area contributed by atoms with Gasteiger partial charge in [0, 0.05) is 23.2 Å². The van der Waals surface area contributed by atoms with Crippen molar-refractivity contribution in [1.82, 2.24) is 15.3 Å². The smallest absolute Gasteiger partial charge is 0.138 e. The van der Waals surface area contributed by atoms with Gasteiger partial charge in [0.1, 0.15) is 11.4 Å². The number of fused-ring (bicyclic) bond motifs is 1. The van der Waals surface area contributed by atoms with E-state index < -0.39 is 0 Å². The van der Waals surface area contributed by atoms with E-state index in [1.54, 1.807) is 7.11 Å². The molecule has 3 aromatic rings. The topological polar surface area (TPSA) is 49.9 Å². The van der Waals surface area contributed by atoms with Crippen LogP contribution in [0.5, 0.6) is 5.75 Å². The lowest BCUT2D eigenvalue weighted by Crippen LogP contribution is -2.26. The van der Waals surface area contributed by atoms with Crippen LogP contribution in [0.4, 0.5) is 0 Å². The number of nitrogens with zero attached hydrogens (tertiary/aromatic N) is 1. The molecule has 0 amide bonds. The number of aromatic nitrogens is 2. The number of H-pyrrole nitrogens is 1. The summed E-state index contributed by atoms with van der Waals surface area (Å²) >= 11 is 0. The van der Waals surface area contributed by atoms with Crippen LogP contribution in [0.1, 0.15) is 24.5 Å². The molecule has 4 heteroatoms. The summed E-state index contributed by atoms with van der Waals surface area (Å²) in [6.45, 7) is 2.19. The third kappa shape index (κ3) is 2.70. The fourth-order valence-electron chi connectivity index (χ4n) is 3.44. The largest absolute Gasteiger partial charge is 0.497 e. The van der Waals surface area contributed by atoms with Gasteiger partial charge in [0.25, 0.3) is 0 Å². The molecule has 0 aliphatic carbocycles. The first kappa shape index (κ1) is 14.3. The second kappa shape index (κ2) is 6.05. The van der Waals surface area contributed by atoms with Crippen LogP contribution in [0, 0.1) is 0 Å². The molecule has 0 radical (unpaired) electrons. The summed E-state index contributed by atoms with van der Waals surface area (Å²) < 4.78 is 5.36. The van der Waals surface area contributed by atoms with Crippen molar-refractivity contribution in [2.45, 2.75) is 18.8 Å². The first-order valence-corrected chi connectivity index (χ1v) is 8.18. The Morgan fingerprint density at radius 3 is 2.83 bits per heavy atom. The van der Waals surface area contributed by atoms with E-state index in [4.69, 9.17) is 4.74 Å². The van der Waals surface area contributed by atoms with Crippen molar-refractivity contribution < 1.29 is 4.74 Å². The predicted octanol–water partition coefficient (Wildman–Crippen LogP) is 3.71. The number of benzene rings is 1. The van der Waals surface area contributed by atoms with E-state index in [-0.39, 0.29) is 0 Å². The molecule has 2 N–H and O–H groups in total. The minimum atomic E-state index is 0.601. The first-order valence-electron chi connectivity index (χ1n) is 8.18. The van der Waals surface area contributed by atoms with Crippen LogP contribution in [0.25, 0.3) is 22.2 Å². The minimum Gasteiger partial charge on any atom is -0.497 e. The van der Waals surface area contributed by atoms with Crippen LogP contribution in [-0.4, -0.2) is 30.2 Å². The number of hydrogen-bond donors (Lipinski definition) is 2. The molecule has 118 valence electrons. The molecule has 1 aromatic carbocycles. The number of aromatic amines is 1.